The van der Waals surface area contributed by atoms with Crippen molar-refractivity contribution in [2.45, 2.75) is 13.5 Å². The number of rotatable bonds is 3. The van der Waals surface area contributed by atoms with Gasteiger partial charge in [-0.25, -0.2) is 9.37 Å². The van der Waals surface area contributed by atoms with Crippen molar-refractivity contribution in [3.8, 4) is 11.4 Å². The molecule has 0 spiro atoms. The first-order chi connectivity index (χ1) is 10.1. The van der Waals surface area contributed by atoms with E-state index in [1.54, 1.807) is 31.3 Å². The Kier molecular flexibility index (Phi) is 3.62. The highest BCUT2D eigenvalue weighted by Crippen LogP contribution is 2.17. The number of hydrogen-bond donors (Lipinski definition) is 0. The highest BCUT2D eigenvalue weighted by molar-refractivity contribution is 6.29. The van der Waals surface area contributed by atoms with Crippen LogP contribution in [0.25, 0.3) is 11.4 Å². The molecule has 0 aliphatic carbocycles. The van der Waals surface area contributed by atoms with Gasteiger partial charge in [-0.15, -0.1) is 10.2 Å². The quantitative estimate of drug-likeness (QED) is 0.698. The van der Waals surface area contributed by atoms with Gasteiger partial charge in [0.25, 0.3) is 0 Å². The molecule has 0 fully saturated rings. The summed E-state index contributed by atoms with van der Waals surface area (Å²) in [6.45, 7) is 2.14. The number of pyridine rings is 1. The Bertz CT molecular complexity index is 769. The fraction of sp³-hybridized carbons (Fsp3) is 0.143. The minimum Gasteiger partial charge on any atom is -0.244 e. The normalized spacial score (nSPS) is 10.8. The van der Waals surface area contributed by atoms with E-state index >= 15 is 0 Å². The van der Waals surface area contributed by atoms with Gasteiger partial charge in [0.1, 0.15) is 11.0 Å². The molecule has 106 valence electrons. The second-order valence-electron chi connectivity index (χ2n) is 4.60. The monoisotopic (exact) mass is 303 g/mol. The number of benzene rings is 1. The van der Waals surface area contributed by atoms with E-state index in [0.717, 1.165) is 11.1 Å². The largest absolute Gasteiger partial charge is 0.244 e. The van der Waals surface area contributed by atoms with Gasteiger partial charge in [0.2, 0.25) is 5.82 Å². The van der Waals surface area contributed by atoms with Crippen molar-refractivity contribution in [1.82, 2.24) is 25.2 Å². The van der Waals surface area contributed by atoms with Crippen molar-refractivity contribution < 1.29 is 4.39 Å². The maximum atomic E-state index is 13.3. The molecule has 0 bridgehead atoms. The molecule has 0 saturated heterocycles. The molecular formula is C14H11ClFN5. The average molecular weight is 304 g/mol. The summed E-state index contributed by atoms with van der Waals surface area (Å²) in [7, 11) is 0. The van der Waals surface area contributed by atoms with E-state index in [9.17, 15) is 4.39 Å². The Morgan fingerprint density at radius 2 is 2.10 bits per heavy atom. The van der Waals surface area contributed by atoms with Gasteiger partial charge in [0.05, 0.1) is 6.54 Å². The lowest BCUT2D eigenvalue weighted by atomic mass is 10.1. The lowest BCUT2D eigenvalue weighted by Gasteiger charge is -1.99. The second kappa shape index (κ2) is 5.57. The Morgan fingerprint density at radius 3 is 2.81 bits per heavy atom. The smallest absolute Gasteiger partial charge is 0.204 e. The van der Waals surface area contributed by atoms with E-state index in [0.29, 0.717) is 23.1 Å². The Hall–Kier alpha value is -2.34. The lowest BCUT2D eigenvalue weighted by molar-refractivity contribution is 0.572. The van der Waals surface area contributed by atoms with E-state index in [-0.39, 0.29) is 5.82 Å². The highest BCUT2D eigenvalue weighted by atomic mass is 35.5. The summed E-state index contributed by atoms with van der Waals surface area (Å²) in [6, 6.07) is 8.28. The lowest BCUT2D eigenvalue weighted by Crippen LogP contribution is -2.04. The third-order valence-electron chi connectivity index (χ3n) is 2.98. The number of tetrazole rings is 1. The van der Waals surface area contributed by atoms with Crippen LogP contribution in [0, 0.1) is 12.7 Å². The summed E-state index contributed by atoms with van der Waals surface area (Å²) in [4.78, 5) is 5.45. The van der Waals surface area contributed by atoms with Crippen LogP contribution in [-0.2, 0) is 6.54 Å². The van der Waals surface area contributed by atoms with Crippen molar-refractivity contribution in [2.24, 2.45) is 0 Å². The zero-order valence-corrected chi connectivity index (χ0v) is 11.9. The Balaban J connectivity index is 1.82. The SMILES string of the molecule is Cc1cc(-c2nnn(Cc3ccc(Cl)nc3)n2)ccc1F. The molecule has 0 aliphatic rings. The minimum absolute atomic E-state index is 0.251. The van der Waals surface area contributed by atoms with Gasteiger partial charge in [-0.05, 0) is 47.5 Å². The number of aromatic nitrogens is 5. The number of halogens is 2. The summed E-state index contributed by atoms with van der Waals surface area (Å²) >= 11 is 5.73. The molecular weight excluding hydrogens is 293 g/mol. The van der Waals surface area contributed by atoms with Crippen molar-refractivity contribution in [2.75, 3.05) is 0 Å². The van der Waals surface area contributed by atoms with Gasteiger partial charge in [-0.3, -0.25) is 0 Å². The number of aryl methyl sites for hydroxylation is 1. The Morgan fingerprint density at radius 1 is 1.24 bits per heavy atom. The van der Waals surface area contributed by atoms with Crippen LogP contribution in [0.4, 0.5) is 4.39 Å². The number of hydrogen-bond acceptors (Lipinski definition) is 4. The van der Waals surface area contributed by atoms with Gasteiger partial charge < -0.3 is 0 Å². The number of nitrogens with zero attached hydrogens (tertiary/aromatic N) is 5. The maximum absolute atomic E-state index is 13.3. The predicted octanol–water partition coefficient (Wildman–Crippen LogP) is 2.88. The van der Waals surface area contributed by atoms with Crippen LogP contribution in [0.5, 0.6) is 0 Å². The van der Waals surface area contributed by atoms with Crippen molar-refractivity contribution in [1.29, 1.82) is 0 Å². The van der Waals surface area contributed by atoms with Crippen LogP contribution in [0.15, 0.2) is 36.5 Å². The van der Waals surface area contributed by atoms with Crippen LogP contribution >= 0.6 is 11.6 Å². The van der Waals surface area contributed by atoms with Gasteiger partial charge in [0.15, 0.2) is 0 Å². The summed E-state index contributed by atoms with van der Waals surface area (Å²) < 4.78 is 13.3. The van der Waals surface area contributed by atoms with Gasteiger partial charge >= 0.3 is 0 Å². The molecule has 3 rings (SSSR count). The summed E-state index contributed by atoms with van der Waals surface area (Å²) in [5.74, 6) is 0.207. The summed E-state index contributed by atoms with van der Waals surface area (Å²) in [6.07, 6.45) is 1.66. The third-order valence-corrected chi connectivity index (χ3v) is 3.21. The van der Waals surface area contributed by atoms with E-state index in [2.05, 4.69) is 20.4 Å². The Labute approximate surface area is 125 Å². The van der Waals surface area contributed by atoms with E-state index in [1.165, 1.54) is 10.9 Å². The fourth-order valence-corrected chi connectivity index (χ4v) is 1.98. The zero-order valence-electron chi connectivity index (χ0n) is 11.2. The molecule has 2 aromatic heterocycles. The first-order valence-corrected chi connectivity index (χ1v) is 6.64. The molecule has 0 N–H and O–H groups in total. The van der Waals surface area contributed by atoms with Crippen LogP contribution in [-0.4, -0.2) is 25.2 Å². The predicted molar refractivity (Wildman–Crippen MR) is 76.3 cm³/mol. The van der Waals surface area contributed by atoms with Crippen LogP contribution < -0.4 is 0 Å². The zero-order chi connectivity index (χ0) is 14.8. The minimum atomic E-state index is -0.251. The molecule has 3 aromatic rings. The first kappa shape index (κ1) is 13.6. The summed E-state index contributed by atoms with van der Waals surface area (Å²) in [5, 5.41) is 12.7. The second-order valence-corrected chi connectivity index (χ2v) is 4.98. The van der Waals surface area contributed by atoms with Gasteiger partial charge in [0, 0.05) is 11.8 Å². The molecule has 0 aliphatic heterocycles. The summed E-state index contributed by atoms with van der Waals surface area (Å²) in [5.41, 5.74) is 2.19. The average Bonchev–Trinajstić information content (AvgIpc) is 2.93. The molecule has 0 saturated carbocycles. The molecule has 7 heteroatoms. The standard InChI is InChI=1S/C14H11ClFN5/c1-9-6-11(3-4-12(9)16)14-18-20-21(19-14)8-10-2-5-13(15)17-7-10/h2-7H,8H2,1H3. The van der Waals surface area contributed by atoms with E-state index in [4.69, 9.17) is 11.6 Å². The van der Waals surface area contributed by atoms with Crippen LogP contribution in [0.3, 0.4) is 0 Å². The highest BCUT2D eigenvalue weighted by Gasteiger charge is 2.08. The van der Waals surface area contributed by atoms with Crippen molar-refractivity contribution in [3.63, 3.8) is 0 Å². The van der Waals surface area contributed by atoms with Crippen LogP contribution in [0.1, 0.15) is 11.1 Å². The topological polar surface area (TPSA) is 56.5 Å². The van der Waals surface area contributed by atoms with Crippen LogP contribution in [0.2, 0.25) is 5.15 Å². The third kappa shape index (κ3) is 3.05. The van der Waals surface area contributed by atoms with Gasteiger partial charge in [-0.1, -0.05) is 17.7 Å². The molecule has 21 heavy (non-hydrogen) atoms. The van der Waals surface area contributed by atoms with E-state index in [1.807, 2.05) is 6.07 Å². The molecule has 0 amide bonds. The molecule has 1 aromatic carbocycles. The van der Waals surface area contributed by atoms with E-state index < -0.39 is 0 Å². The molecule has 0 atom stereocenters. The first-order valence-electron chi connectivity index (χ1n) is 6.26. The molecule has 5 nitrogen and oxygen atoms in total. The molecule has 0 unspecified atom stereocenters. The van der Waals surface area contributed by atoms with Crippen molar-refractivity contribution >= 4 is 11.6 Å². The van der Waals surface area contributed by atoms with Crippen molar-refractivity contribution in [3.05, 3.63) is 58.6 Å². The van der Waals surface area contributed by atoms with Gasteiger partial charge in [-0.2, -0.15) is 4.80 Å². The molecule has 0 radical (unpaired) electrons. The molecule has 2 heterocycles. The fourth-order valence-electron chi connectivity index (χ4n) is 1.87. The maximum Gasteiger partial charge on any atom is 0.204 e.